The summed E-state index contributed by atoms with van der Waals surface area (Å²) in [5, 5.41) is 9.10. The van der Waals surface area contributed by atoms with Crippen LogP contribution in [-0.2, 0) is 14.4 Å². The zero-order chi connectivity index (χ0) is 14.4. The van der Waals surface area contributed by atoms with Gasteiger partial charge in [-0.2, -0.15) is 0 Å². The molecule has 1 aliphatic carbocycles. The van der Waals surface area contributed by atoms with Crippen molar-refractivity contribution in [3.63, 3.8) is 0 Å². The van der Waals surface area contributed by atoms with Gasteiger partial charge in [-0.15, -0.1) is 0 Å². The molecular weight excluding hydrogens is 248 g/mol. The van der Waals surface area contributed by atoms with E-state index in [1.54, 1.807) is 18.7 Å². The number of hydrogen-bond donors (Lipinski definition) is 2. The summed E-state index contributed by atoms with van der Waals surface area (Å²) < 4.78 is 0. The second kappa shape index (κ2) is 4.51. The third-order valence-electron chi connectivity index (χ3n) is 4.49. The van der Waals surface area contributed by atoms with Gasteiger partial charge >= 0.3 is 5.97 Å². The third-order valence-corrected chi connectivity index (χ3v) is 4.49. The van der Waals surface area contributed by atoms with Crippen LogP contribution in [0.4, 0.5) is 0 Å². The van der Waals surface area contributed by atoms with Crippen LogP contribution in [-0.4, -0.2) is 40.9 Å². The maximum atomic E-state index is 12.4. The molecule has 6 nitrogen and oxygen atoms in total. The Balaban J connectivity index is 2.05. The van der Waals surface area contributed by atoms with E-state index in [1.807, 2.05) is 0 Å². The van der Waals surface area contributed by atoms with E-state index in [-0.39, 0.29) is 17.7 Å². The maximum absolute atomic E-state index is 12.4. The van der Waals surface area contributed by atoms with Crippen molar-refractivity contribution in [3.05, 3.63) is 0 Å². The number of primary amides is 1. The predicted molar refractivity (Wildman–Crippen MR) is 66.9 cm³/mol. The molecule has 2 aliphatic rings. The molecule has 1 heterocycles. The molecule has 1 saturated heterocycles. The number of carboxylic acids is 1. The quantitative estimate of drug-likeness (QED) is 0.756. The Bertz CT molecular complexity index is 432. The van der Waals surface area contributed by atoms with Crippen LogP contribution in [0, 0.1) is 23.2 Å². The summed E-state index contributed by atoms with van der Waals surface area (Å²) >= 11 is 0. The number of nitrogens with zero attached hydrogens (tertiary/aromatic N) is 1. The number of rotatable bonds is 3. The van der Waals surface area contributed by atoms with E-state index in [2.05, 4.69) is 0 Å². The predicted octanol–water partition coefficient (Wildman–Crippen LogP) is 0.0671. The first-order valence-corrected chi connectivity index (χ1v) is 6.57. The largest absolute Gasteiger partial charge is 0.481 e. The number of likely N-dealkylation sites (tertiary alicyclic amines) is 1. The summed E-state index contributed by atoms with van der Waals surface area (Å²) in [7, 11) is 0. The number of nitrogens with two attached hydrogens (primary N) is 1. The van der Waals surface area contributed by atoms with Gasteiger partial charge in [-0.1, -0.05) is 13.8 Å². The minimum absolute atomic E-state index is 0.150. The third kappa shape index (κ3) is 2.31. The van der Waals surface area contributed by atoms with E-state index < -0.39 is 23.2 Å². The lowest BCUT2D eigenvalue weighted by Gasteiger charge is -2.31. The molecule has 2 amide bonds. The summed E-state index contributed by atoms with van der Waals surface area (Å²) in [6.45, 7) is 4.50. The van der Waals surface area contributed by atoms with Gasteiger partial charge in [0.05, 0.1) is 17.8 Å². The zero-order valence-electron chi connectivity index (χ0n) is 11.3. The Morgan fingerprint density at radius 2 is 1.89 bits per heavy atom. The summed E-state index contributed by atoms with van der Waals surface area (Å²) in [6.07, 6.45) is 1.44. The number of hydrogen-bond acceptors (Lipinski definition) is 3. The highest BCUT2D eigenvalue weighted by atomic mass is 16.4. The average molecular weight is 268 g/mol. The minimum Gasteiger partial charge on any atom is -0.481 e. The van der Waals surface area contributed by atoms with Gasteiger partial charge in [0.25, 0.3) is 0 Å². The Hall–Kier alpha value is -1.59. The molecule has 19 heavy (non-hydrogen) atoms. The highest BCUT2D eigenvalue weighted by molar-refractivity contribution is 5.92. The van der Waals surface area contributed by atoms with Crippen LogP contribution in [0.15, 0.2) is 0 Å². The molecule has 3 atom stereocenters. The molecule has 0 unspecified atom stereocenters. The van der Waals surface area contributed by atoms with Crippen LogP contribution in [0.2, 0.25) is 0 Å². The number of carbonyl (C=O) groups excluding carboxylic acids is 2. The average Bonchev–Trinajstić information content (AvgIpc) is 2.91. The fourth-order valence-electron chi connectivity index (χ4n) is 3.17. The molecule has 0 spiro atoms. The summed E-state index contributed by atoms with van der Waals surface area (Å²) in [5.74, 6) is -2.86. The minimum atomic E-state index is -0.924. The standard InChI is InChI=1S/C13H20N2O4/c1-13(2)8(9(13)12(18)19)11(17)15-5-3-4-7(6-15)10(14)16/h7-9H,3-6H2,1-2H3,(H2,14,16)(H,18,19)/t7-,8+,9+/m1/s1. The van der Waals surface area contributed by atoms with Gasteiger partial charge in [-0.05, 0) is 18.3 Å². The lowest BCUT2D eigenvalue weighted by Crippen LogP contribution is -2.45. The second-order valence-electron chi connectivity index (χ2n) is 6.14. The lowest BCUT2D eigenvalue weighted by molar-refractivity contribution is -0.143. The Morgan fingerprint density at radius 1 is 1.26 bits per heavy atom. The molecule has 0 bridgehead atoms. The molecule has 6 heteroatoms. The molecule has 0 aromatic rings. The van der Waals surface area contributed by atoms with Crippen molar-refractivity contribution < 1.29 is 19.5 Å². The molecule has 1 aliphatic heterocycles. The Kier molecular flexibility index (Phi) is 3.28. The van der Waals surface area contributed by atoms with Gasteiger partial charge in [0.15, 0.2) is 0 Å². The van der Waals surface area contributed by atoms with Crippen molar-refractivity contribution in [2.75, 3.05) is 13.1 Å². The normalized spacial score (nSPS) is 32.7. The van der Waals surface area contributed by atoms with Gasteiger partial charge < -0.3 is 15.7 Å². The van der Waals surface area contributed by atoms with Crippen molar-refractivity contribution >= 4 is 17.8 Å². The molecule has 2 fully saturated rings. The molecule has 1 saturated carbocycles. The van der Waals surface area contributed by atoms with Gasteiger partial charge in [-0.3, -0.25) is 14.4 Å². The van der Waals surface area contributed by atoms with Crippen LogP contribution in [0.1, 0.15) is 26.7 Å². The van der Waals surface area contributed by atoms with Crippen LogP contribution < -0.4 is 5.73 Å². The molecule has 2 rings (SSSR count). The monoisotopic (exact) mass is 268 g/mol. The van der Waals surface area contributed by atoms with Crippen LogP contribution >= 0.6 is 0 Å². The van der Waals surface area contributed by atoms with E-state index in [0.29, 0.717) is 19.5 Å². The first kappa shape index (κ1) is 13.8. The van der Waals surface area contributed by atoms with E-state index in [0.717, 1.165) is 6.42 Å². The Morgan fingerprint density at radius 3 is 2.37 bits per heavy atom. The van der Waals surface area contributed by atoms with E-state index in [9.17, 15) is 14.4 Å². The lowest BCUT2D eigenvalue weighted by atomic mass is 9.96. The van der Waals surface area contributed by atoms with E-state index >= 15 is 0 Å². The maximum Gasteiger partial charge on any atom is 0.307 e. The molecular formula is C13H20N2O4. The summed E-state index contributed by atoms with van der Waals surface area (Å²) in [4.78, 5) is 36.3. The first-order chi connectivity index (χ1) is 8.76. The molecule has 106 valence electrons. The van der Waals surface area contributed by atoms with Crippen molar-refractivity contribution in [2.45, 2.75) is 26.7 Å². The van der Waals surface area contributed by atoms with Crippen LogP contribution in [0.25, 0.3) is 0 Å². The van der Waals surface area contributed by atoms with Crippen molar-refractivity contribution in [2.24, 2.45) is 28.9 Å². The van der Waals surface area contributed by atoms with Gasteiger partial charge in [-0.25, -0.2) is 0 Å². The highest BCUT2D eigenvalue weighted by Crippen LogP contribution is 2.59. The highest BCUT2D eigenvalue weighted by Gasteiger charge is 2.66. The van der Waals surface area contributed by atoms with Gasteiger partial charge in [0.2, 0.25) is 11.8 Å². The van der Waals surface area contributed by atoms with E-state index in [4.69, 9.17) is 10.8 Å². The SMILES string of the molecule is CC1(C)[C@H](C(=O)O)[C@H]1C(=O)N1CCC[C@@H](C(N)=O)C1. The smallest absolute Gasteiger partial charge is 0.307 e. The van der Waals surface area contributed by atoms with Gasteiger partial charge in [0, 0.05) is 13.1 Å². The number of carbonyl (C=O) groups is 3. The number of amides is 2. The van der Waals surface area contributed by atoms with Crippen molar-refractivity contribution in [3.8, 4) is 0 Å². The van der Waals surface area contributed by atoms with Crippen LogP contribution in [0.5, 0.6) is 0 Å². The number of carboxylic acid groups (broad SMARTS) is 1. The zero-order valence-corrected chi connectivity index (χ0v) is 11.3. The Labute approximate surface area is 111 Å². The second-order valence-corrected chi connectivity index (χ2v) is 6.14. The topological polar surface area (TPSA) is 101 Å². The molecule has 0 aromatic heterocycles. The first-order valence-electron chi connectivity index (χ1n) is 6.57. The van der Waals surface area contributed by atoms with Crippen LogP contribution in [0.3, 0.4) is 0 Å². The fourth-order valence-corrected chi connectivity index (χ4v) is 3.17. The fraction of sp³-hybridized carbons (Fsp3) is 0.769. The van der Waals surface area contributed by atoms with Crippen molar-refractivity contribution in [1.82, 2.24) is 4.90 Å². The van der Waals surface area contributed by atoms with Gasteiger partial charge in [0.1, 0.15) is 0 Å². The number of piperidine rings is 1. The van der Waals surface area contributed by atoms with E-state index in [1.165, 1.54) is 0 Å². The summed E-state index contributed by atoms with van der Waals surface area (Å²) in [5.41, 5.74) is 4.78. The number of aliphatic carboxylic acids is 1. The molecule has 0 aromatic carbocycles. The van der Waals surface area contributed by atoms with Crippen molar-refractivity contribution in [1.29, 1.82) is 0 Å². The summed E-state index contributed by atoms with van der Waals surface area (Å²) in [6, 6.07) is 0. The molecule has 0 radical (unpaired) electrons. The molecule has 3 N–H and O–H groups in total.